The second kappa shape index (κ2) is 6.41. The Kier molecular flexibility index (Phi) is 4.07. The molecule has 0 spiro atoms. The Hall–Kier alpha value is -2.95. The zero-order valence-corrected chi connectivity index (χ0v) is 15.0. The van der Waals surface area contributed by atoms with Crippen LogP contribution >= 0.6 is 0 Å². The fourth-order valence-corrected chi connectivity index (χ4v) is 3.87. The Morgan fingerprint density at radius 1 is 0.962 bits per heavy atom. The number of hydrogen-bond donors (Lipinski definition) is 0. The molecule has 0 bridgehead atoms. The first-order valence-electron chi connectivity index (χ1n) is 9.04. The minimum Gasteiger partial charge on any atom is -0.312 e. The molecule has 132 valence electrons. The monoisotopic (exact) mass is 347 g/mol. The zero-order chi connectivity index (χ0) is 18.3. The van der Waals surface area contributed by atoms with Gasteiger partial charge in [0.05, 0.1) is 16.8 Å². The highest BCUT2D eigenvalue weighted by molar-refractivity contribution is 6.05. The van der Waals surface area contributed by atoms with Crippen LogP contribution in [0.25, 0.3) is 10.9 Å². The number of aromatic nitrogens is 2. The van der Waals surface area contributed by atoms with E-state index in [0.29, 0.717) is 36.2 Å². The van der Waals surface area contributed by atoms with Crippen molar-refractivity contribution in [2.45, 2.75) is 32.7 Å². The smallest absolute Gasteiger partial charge is 0.261 e. The summed E-state index contributed by atoms with van der Waals surface area (Å²) in [7, 11) is 0. The minimum atomic E-state index is -0.294. The van der Waals surface area contributed by atoms with E-state index >= 15 is 0 Å². The Morgan fingerprint density at radius 3 is 2.46 bits per heavy atom. The number of benzene rings is 2. The first-order valence-corrected chi connectivity index (χ1v) is 9.04. The predicted octanol–water partition coefficient (Wildman–Crippen LogP) is 3.11. The second-order valence-electron chi connectivity index (χ2n) is 6.49. The Labute approximate surface area is 151 Å². The van der Waals surface area contributed by atoms with Crippen molar-refractivity contribution in [3.63, 3.8) is 0 Å². The van der Waals surface area contributed by atoms with Crippen LogP contribution < -0.4 is 10.5 Å². The van der Waals surface area contributed by atoms with E-state index in [1.165, 1.54) is 0 Å². The Balaban J connectivity index is 1.83. The molecule has 0 saturated heterocycles. The predicted molar refractivity (Wildman–Crippen MR) is 103 cm³/mol. The molecule has 0 N–H and O–H groups in total. The van der Waals surface area contributed by atoms with Crippen LogP contribution in [0.15, 0.2) is 53.3 Å². The van der Waals surface area contributed by atoms with Crippen LogP contribution in [0.1, 0.15) is 31.2 Å². The summed E-state index contributed by atoms with van der Waals surface area (Å²) in [4.78, 5) is 32.3. The molecule has 1 aliphatic rings. The molecule has 0 aliphatic carbocycles. The molecule has 2 aromatic carbocycles. The average molecular weight is 347 g/mol. The molecule has 0 radical (unpaired) electrons. The molecular weight excluding hydrogens is 326 g/mol. The summed E-state index contributed by atoms with van der Waals surface area (Å²) in [5, 5.41) is 0.617. The lowest BCUT2D eigenvalue weighted by atomic mass is 9.96. The van der Waals surface area contributed by atoms with Crippen molar-refractivity contribution < 1.29 is 4.79 Å². The maximum atomic E-state index is 13.0. The normalized spacial score (nSPS) is 16.3. The standard InChI is InChI=1S/C21H21N3O2/c1-3-23-18-12-8-6-9-14(18)16(21(23)26)13-19-22-17-11-7-5-10-15(17)20(25)24(19)4-2/h5-12,16H,3-4,13H2,1-2H3/t16-/m1/s1. The van der Waals surface area contributed by atoms with E-state index in [1.807, 2.05) is 61.2 Å². The molecule has 1 amide bonds. The summed E-state index contributed by atoms with van der Waals surface area (Å²) >= 11 is 0. The van der Waals surface area contributed by atoms with Gasteiger partial charge < -0.3 is 4.90 Å². The number of anilines is 1. The highest BCUT2D eigenvalue weighted by Gasteiger charge is 2.36. The van der Waals surface area contributed by atoms with Gasteiger partial charge in [-0.15, -0.1) is 0 Å². The van der Waals surface area contributed by atoms with Crippen molar-refractivity contribution in [1.29, 1.82) is 0 Å². The highest BCUT2D eigenvalue weighted by atomic mass is 16.2. The minimum absolute atomic E-state index is 0.0424. The summed E-state index contributed by atoms with van der Waals surface area (Å²) in [6.07, 6.45) is 0.431. The molecule has 3 aromatic rings. The van der Waals surface area contributed by atoms with E-state index < -0.39 is 0 Å². The third-order valence-corrected chi connectivity index (χ3v) is 5.13. The average Bonchev–Trinajstić information content (AvgIpc) is 2.93. The third kappa shape index (κ3) is 2.43. The molecule has 2 heterocycles. The van der Waals surface area contributed by atoms with Crippen LogP contribution in [0.2, 0.25) is 0 Å². The topological polar surface area (TPSA) is 55.2 Å². The molecule has 1 atom stereocenters. The first kappa shape index (κ1) is 16.5. The zero-order valence-electron chi connectivity index (χ0n) is 15.0. The Bertz CT molecular complexity index is 1050. The van der Waals surface area contributed by atoms with Crippen LogP contribution in [0.3, 0.4) is 0 Å². The maximum absolute atomic E-state index is 13.0. The highest BCUT2D eigenvalue weighted by Crippen LogP contribution is 2.38. The number of carbonyl (C=O) groups is 1. The van der Waals surface area contributed by atoms with Gasteiger partial charge in [0.2, 0.25) is 5.91 Å². The largest absolute Gasteiger partial charge is 0.312 e. The van der Waals surface area contributed by atoms with E-state index in [0.717, 1.165) is 11.3 Å². The lowest BCUT2D eigenvalue weighted by molar-refractivity contribution is -0.119. The summed E-state index contributed by atoms with van der Waals surface area (Å²) in [6, 6.07) is 15.3. The number of rotatable bonds is 4. The molecule has 0 saturated carbocycles. The van der Waals surface area contributed by atoms with Gasteiger partial charge in [-0.05, 0) is 37.6 Å². The lowest BCUT2D eigenvalue weighted by Crippen LogP contribution is -2.31. The van der Waals surface area contributed by atoms with Crippen molar-refractivity contribution in [2.75, 3.05) is 11.4 Å². The van der Waals surface area contributed by atoms with Crippen molar-refractivity contribution in [3.8, 4) is 0 Å². The van der Waals surface area contributed by atoms with Crippen molar-refractivity contribution in [1.82, 2.24) is 9.55 Å². The van der Waals surface area contributed by atoms with E-state index in [2.05, 4.69) is 0 Å². The Morgan fingerprint density at radius 2 is 1.69 bits per heavy atom. The number of amides is 1. The molecular formula is C21H21N3O2. The molecule has 1 aromatic heterocycles. The molecule has 5 heteroatoms. The van der Waals surface area contributed by atoms with E-state index in [1.54, 1.807) is 10.6 Å². The molecule has 4 rings (SSSR count). The summed E-state index contributed by atoms with van der Waals surface area (Å²) in [5.41, 5.74) is 2.63. The number of carbonyl (C=O) groups excluding carboxylic acids is 1. The number of likely N-dealkylation sites (N-methyl/N-ethyl adjacent to an activating group) is 1. The van der Waals surface area contributed by atoms with Gasteiger partial charge in [-0.3, -0.25) is 14.2 Å². The van der Waals surface area contributed by atoms with Gasteiger partial charge in [0.15, 0.2) is 0 Å². The third-order valence-electron chi connectivity index (χ3n) is 5.13. The number of para-hydroxylation sites is 2. The molecule has 0 unspecified atom stereocenters. The van der Waals surface area contributed by atoms with Gasteiger partial charge in [-0.2, -0.15) is 0 Å². The molecule has 5 nitrogen and oxygen atoms in total. The van der Waals surface area contributed by atoms with Crippen molar-refractivity contribution in [3.05, 3.63) is 70.3 Å². The van der Waals surface area contributed by atoms with Crippen molar-refractivity contribution in [2.24, 2.45) is 0 Å². The van der Waals surface area contributed by atoms with Crippen molar-refractivity contribution >= 4 is 22.5 Å². The fourth-order valence-electron chi connectivity index (χ4n) is 3.87. The summed E-state index contributed by atoms with van der Waals surface area (Å²) in [5.74, 6) is 0.457. The van der Waals surface area contributed by atoms with Gasteiger partial charge in [-0.1, -0.05) is 30.3 Å². The quantitative estimate of drug-likeness (QED) is 0.729. The van der Waals surface area contributed by atoms with E-state index in [9.17, 15) is 9.59 Å². The van der Waals surface area contributed by atoms with Crippen LogP contribution in [0.4, 0.5) is 5.69 Å². The fraction of sp³-hybridized carbons (Fsp3) is 0.286. The van der Waals surface area contributed by atoms with Gasteiger partial charge in [-0.25, -0.2) is 4.98 Å². The van der Waals surface area contributed by atoms with Gasteiger partial charge in [0.1, 0.15) is 5.82 Å². The SMILES string of the molecule is CCN1C(=O)[C@H](Cc2nc3ccccc3c(=O)n2CC)c2ccccc21. The van der Waals surface area contributed by atoms with Gasteiger partial charge in [0.25, 0.3) is 5.56 Å². The maximum Gasteiger partial charge on any atom is 0.261 e. The lowest BCUT2D eigenvalue weighted by Gasteiger charge is -2.16. The van der Waals surface area contributed by atoms with E-state index in [4.69, 9.17) is 4.98 Å². The molecule has 26 heavy (non-hydrogen) atoms. The van der Waals surface area contributed by atoms with Gasteiger partial charge in [0, 0.05) is 25.2 Å². The van der Waals surface area contributed by atoms with Crippen LogP contribution in [-0.4, -0.2) is 22.0 Å². The van der Waals surface area contributed by atoms with E-state index in [-0.39, 0.29) is 17.4 Å². The molecule has 0 fully saturated rings. The van der Waals surface area contributed by atoms with Gasteiger partial charge >= 0.3 is 0 Å². The van der Waals surface area contributed by atoms with Crippen LogP contribution in [0, 0.1) is 0 Å². The molecule has 1 aliphatic heterocycles. The summed E-state index contributed by atoms with van der Waals surface area (Å²) < 4.78 is 1.69. The summed E-state index contributed by atoms with van der Waals surface area (Å²) in [6.45, 7) is 5.08. The first-order chi connectivity index (χ1) is 12.7. The number of hydrogen-bond acceptors (Lipinski definition) is 3. The second-order valence-corrected chi connectivity index (χ2v) is 6.49. The van der Waals surface area contributed by atoms with Crippen LogP contribution in [0.5, 0.6) is 0 Å². The number of fused-ring (bicyclic) bond motifs is 2. The number of nitrogens with zero attached hydrogens (tertiary/aromatic N) is 3. The van der Waals surface area contributed by atoms with Crippen LogP contribution in [-0.2, 0) is 17.8 Å².